The number of benzene rings is 5. The van der Waals surface area contributed by atoms with Crippen molar-refractivity contribution < 1.29 is 31.4 Å². The van der Waals surface area contributed by atoms with Crippen LogP contribution >= 0.6 is 0 Å². The first-order valence-corrected chi connectivity index (χ1v) is 20.5. The molecule has 5 aromatic carbocycles. The Morgan fingerprint density at radius 3 is 1.93 bits per heavy atom. The zero-order chi connectivity index (χ0) is 41.0. The Labute approximate surface area is 337 Å². The van der Waals surface area contributed by atoms with E-state index in [-0.39, 0.29) is 54.0 Å². The average Bonchev–Trinajstić information content (AvgIpc) is 3.86. The van der Waals surface area contributed by atoms with Crippen LogP contribution in [0.15, 0.2) is 108 Å². The number of imidazole rings is 1. The van der Waals surface area contributed by atoms with E-state index in [1.807, 2.05) is 12.1 Å². The summed E-state index contributed by atoms with van der Waals surface area (Å²) in [4.78, 5) is 8.40. The number of rotatable bonds is 16. The standard InChI is InChI=1S/C40H41N9O7S2/c1-54-29-11-4-25(5-12-29)22-48(23-26-6-13-30(55-2)14-7-26)58(52,53)38-33(36(21-41)57(50)51)18-17-32(28-10-19-34-35(20-28)44-40(42)43-34)37(38)39-45-47-49(46-39)24-27-8-15-31(56-3)16-9-27/h4-20,36H,21-24,41H2,1-3H3,(H,50,51)(H3,42,43,44). The van der Waals surface area contributed by atoms with Gasteiger partial charge in [0.2, 0.25) is 15.8 Å². The third-order valence-corrected chi connectivity index (χ3v) is 12.4. The predicted molar refractivity (Wildman–Crippen MR) is 220 cm³/mol. The van der Waals surface area contributed by atoms with Gasteiger partial charge < -0.3 is 35.2 Å². The van der Waals surface area contributed by atoms with Crippen LogP contribution in [-0.4, -0.2) is 79.5 Å². The van der Waals surface area contributed by atoms with E-state index in [0.29, 0.717) is 50.5 Å². The summed E-state index contributed by atoms with van der Waals surface area (Å²) in [5.74, 6) is 2.04. The summed E-state index contributed by atoms with van der Waals surface area (Å²) in [5.41, 5.74) is 16.5. The molecule has 16 nitrogen and oxygen atoms in total. The molecule has 0 saturated carbocycles. The fourth-order valence-electron chi connectivity index (χ4n) is 6.64. The van der Waals surface area contributed by atoms with Gasteiger partial charge >= 0.3 is 0 Å². The Kier molecular flexibility index (Phi) is 11.8. The summed E-state index contributed by atoms with van der Waals surface area (Å²) < 4.78 is 72.4. The highest BCUT2D eigenvalue weighted by Gasteiger charge is 2.37. The van der Waals surface area contributed by atoms with Crippen LogP contribution in [0, 0.1) is 0 Å². The van der Waals surface area contributed by atoms with Crippen LogP contribution in [-0.2, 0) is 40.7 Å². The maximum absolute atomic E-state index is 15.7. The van der Waals surface area contributed by atoms with E-state index in [1.165, 1.54) is 15.2 Å². The quantitative estimate of drug-likeness (QED) is 0.0926. The Morgan fingerprint density at radius 1 is 0.828 bits per heavy atom. The number of fused-ring (bicyclic) bond motifs is 1. The number of H-pyrrole nitrogens is 1. The number of hydrogen-bond acceptors (Lipinski definition) is 12. The lowest BCUT2D eigenvalue weighted by Gasteiger charge is -2.27. The smallest absolute Gasteiger partial charge is 0.244 e. The van der Waals surface area contributed by atoms with Gasteiger partial charge in [-0.15, -0.1) is 10.2 Å². The minimum Gasteiger partial charge on any atom is -0.497 e. The van der Waals surface area contributed by atoms with Crippen LogP contribution in [0.25, 0.3) is 33.5 Å². The number of nitrogens with one attached hydrogen (secondary N) is 1. The molecule has 300 valence electrons. The molecular formula is C40H41N9O7S2. The summed E-state index contributed by atoms with van der Waals surface area (Å²) in [6.07, 6.45) is 0. The topological polar surface area (TPSA) is 227 Å². The fraction of sp³-hybridized carbons (Fsp3) is 0.200. The zero-order valence-electron chi connectivity index (χ0n) is 31.8. The van der Waals surface area contributed by atoms with E-state index in [0.717, 1.165) is 5.56 Å². The Morgan fingerprint density at radius 2 is 1.40 bits per heavy atom. The van der Waals surface area contributed by atoms with E-state index < -0.39 is 26.4 Å². The number of ether oxygens (including phenoxy) is 3. The minimum atomic E-state index is -4.65. The summed E-state index contributed by atoms with van der Waals surface area (Å²) in [6, 6.07) is 29.9. The number of sulfonamides is 1. The Balaban J connectivity index is 1.48. The van der Waals surface area contributed by atoms with Crippen molar-refractivity contribution in [3.05, 3.63) is 125 Å². The van der Waals surface area contributed by atoms with Crippen molar-refractivity contribution in [2.24, 2.45) is 5.73 Å². The molecule has 0 aliphatic heterocycles. The molecule has 0 fully saturated rings. The first-order chi connectivity index (χ1) is 28.0. The van der Waals surface area contributed by atoms with E-state index >= 15 is 8.42 Å². The third kappa shape index (κ3) is 8.41. The molecule has 0 bridgehead atoms. The maximum Gasteiger partial charge on any atom is 0.244 e. The Hall–Kier alpha value is -6.18. The van der Waals surface area contributed by atoms with Gasteiger partial charge in [0.05, 0.1) is 54.6 Å². The largest absolute Gasteiger partial charge is 0.497 e. The van der Waals surface area contributed by atoms with Crippen LogP contribution in [0.5, 0.6) is 17.2 Å². The van der Waals surface area contributed by atoms with E-state index in [1.54, 1.807) is 106 Å². The van der Waals surface area contributed by atoms with E-state index in [9.17, 15) is 8.76 Å². The SMILES string of the molecule is COc1ccc(CN(Cc2ccc(OC)cc2)S(=O)(=O)c2c(C(CN)S(=O)O)ccc(-c3ccc4nc(N)[nH]c4c3)c2-c2nnn(Cc3ccc(OC)cc3)n2)cc1. The summed E-state index contributed by atoms with van der Waals surface area (Å²) in [5, 5.41) is 12.2. The van der Waals surface area contributed by atoms with Crippen molar-refractivity contribution in [3.8, 4) is 39.8 Å². The number of nitrogens with two attached hydrogens (primary N) is 2. The number of aromatic nitrogens is 6. The second-order valence-corrected chi connectivity index (χ2v) is 16.2. The summed E-state index contributed by atoms with van der Waals surface area (Å²) in [7, 11) is 0.0149. The summed E-state index contributed by atoms with van der Waals surface area (Å²) >= 11 is -2.59. The van der Waals surface area contributed by atoms with Gasteiger partial charge in [-0.1, -0.05) is 54.6 Å². The molecule has 0 radical (unpaired) electrons. The van der Waals surface area contributed by atoms with Gasteiger partial charge in [-0.2, -0.15) is 9.10 Å². The van der Waals surface area contributed by atoms with Crippen molar-refractivity contribution in [2.45, 2.75) is 29.8 Å². The van der Waals surface area contributed by atoms with Gasteiger partial charge in [-0.25, -0.2) is 17.6 Å². The molecule has 7 aromatic rings. The molecule has 7 rings (SSSR count). The average molecular weight is 824 g/mol. The fourth-order valence-corrected chi connectivity index (χ4v) is 9.15. The molecule has 0 amide bonds. The molecule has 6 N–H and O–H groups in total. The maximum atomic E-state index is 15.7. The number of hydrogen-bond donors (Lipinski definition) is 4. The van der Waals surface area contributed by atoms with Crippen molar-refractivity contribution >= 4 is 38.1 Å². The zero-order valence-corrected chi connectivity index (χ0v) is 33.4. The molecule has 2 atom stereocenters. The predicted octanol–water partition coefficient (Wildman–Crippen LogP) is 5.15. The number of nitrogen functional groups attached to an aromatic ring is 1. The molecule has 0 aliphatic rings. The van der Waals surface area contributed by atoms with Gasteiger partial charge in [0, 0.05) is 19.6 Å². The summed E-state index contributed by atoms with van der Waals surface area (Å²) in [6.45, 7) is -0.332. The number of anilines is 1. The van der Waals surface area contributed by atoms with Crippen LogP contribution < -0.4 is 25.7 Å². The van der Waals surface area contributed by atoms with Gasteiger partial charge in [-0.05, 0) is 87.1 Å². The molecule has 2 unspecified atom stereocenters. The van der Waals surface area contributed by atoms with E-state index in [4.69, 9.17) is 30.8 Å². The van der Waals surface area contributed by atoms with Gasteiger partial charge in [0.1, 0.15) is 17.2 Å². The molecular weight excluding hydrogens is 783 g/mol. The molecule has 0 spiro atoms. The molecule has 0 aliphatic carbocycles. The van der Waals surface area contributed by atoms with Crippen molar-refractivity contribution in [1.29, 1.82) is 0 Å². The number of tetrazole rings is 1. The van der Waals surface area contributed by atoms with Gasteiger partial charge in [0.25, 0.3) is 0 Å². The van der Waals surface area contributed by atoms with Crippen molar-refractivity contribution in [2.75, 3.05) is 33.6 Å². The second kappa shape index (κ2) is 17.1. The lowest BCUT2D eigenvalue weighted by Crippen LogP contribution is -2.32. The number of aromatic amines is 1. The lowest BCUT2D eigenvalue weighted by atomic mass is 9.95. The van der Waals surface area contributed by atoms with Crippen LogP contribution in [0.3, 0.4) is 0 Å². The number of methoxy groups -OCH3 is 3. The molecule has 2 heterocycles. The van der Waals surface area contributed by atoms with Crippen LogP contribution in [0.4, 0.5) is 5.95 Å². The second-order valence-electron chi connectivity index (χ2n) is 13.2. The van der Waals surface area contributed by atoms with Gasteiger partial charge in [0.15, 0.2) is 17.0 Å². The molecule has 0 saturated heterocycles. The lowest BCUT2D eigenvalue weighted by molar-refractivity contribution is 0.397. The first-order valence-electron chi connectivity index (χ1n) is 17.9. The van der Waals surface area contributed by atoms with Gasteiger partial charge in [-0.3, -0.25) is 0 Å². The highest BCUT2D eigenvalue weighted by atomic mass is 32.2. The van der Waals surface area contributed by atoms with Crippen LogP contribution in [0.1, 0.15) is 27.5 Å². The highest BCUT2D eigenvalue weighted by Crippen LogP contribution is 2.43. The van der Waals surface area contributed by atoms with E-state index in [2.05, 4.69) is 20.3 Å². The molecule has 2 aromatic heterocycles. The number of nitrogens with zero attached hydrogens (tertiary/aromatic N) is 6. The third-order valence-electron chi connectivity index (χ3n) is 9.60. The first kappa shape index (κ1) is 40.0. The monoisotopic (exact) mass is 823 g/mol. The molecule has 18 heteroatoms. The highest BCUT2D eigenvalue weighted by molar-refractivity contribution is 7.89. The molecule has 58 heavy (non-hydrogen) atoms. The van der Waals surface area contributed by atoms with Crippen molar-refractivity contribution in [1.82, 2.24) is 34.5 Å². The normalized spacial score (nSPS) is 12.8. The van der Waals surface area contributed by atoms with Crippen LogP contribution in [0.2, 0.25) is 0 Å². The Bertz CT molecular complexity index is 2620. The minimum absolute atomic E-state index is 0.00918. The van der Waals surface area contributed by atoms with Crippen molar-refractivity contribution in [3.63, 3.8) is 0 Å².